The predicted molar refractivity (Wildman–Crippen MR) is 77.2 cm³/mol. The number of carbonyl (C=O) groups excluding carboxylic acids is 1. The van der Waals surface area contributed by atoms with Crippen molar-refractivity contribution < 1.29 is 4.79 Å². The van der Waals surface area contributed by atoms with Gasteiger partial charge in [0, 0.05) is 28.7 Å². The van der Waals surface area contributed by atoms with E-state index in [1.165, 1.54) is 12.8 Å². The maximum Gasteiger partial charge on any atom is 0.252 e. The first kappa shape index (κ1) is 12.3. The van der Waals surface area contributed by atoms with Gasteiger partial charge in [-0.3, -0.25) is 4.79 Å². The first-order chi connectivity index (χ1) is 9.24. The number of aromatic nitrogens is 1. The molecule has 0 radical (unpaired) electrons. The Morgan fingerprint density at radius 2 is 2.00 bits per heavy atom. The summed E-state index contributed by atoms with van der Waals surface area (Å²) in [5, 5.41) is 4.19. The van der Waals surface area contributed by atoms with Gasteiger partial charge in [0.05, 0.1) is 0 Å². The first-order valence-electron chi connectivity index (χ1n) is 7.11. The second-order valence-corrected chi connectivity index (χ2v) is 5.67. The lowest BCUT2D eigenvalue weighted by Gasteiger charge is -2.27. The molecule has 2 N–H and O–H groups in total. The van der Waals surface area contributed by atoms with E-state index in [0.29, 0.717) is 6.04 Å². The highest BCUT2D eigenvalue weighted by atomic mass is 16.1. The molecule has 100 valence electrons. The molecule has 0 atom stereocenters. The summed E-state index contributed by atoms with van der Waals surface area (Å²) in [5.74, 6) is 0.867. The summed E-state index contributed by atoms with van der Waals surface area (Å²) in [4.78, 5) is 15.5. The summed E-state index contributed by atoms with van der Waals surface area (Å²) in [6.45, 7) is 2.29. The fourth-order valence-corrected chi connectivity index (χ4v) is 2.95. The fourth-order valence-electron chi connectivity index (χ4n) is 2.95. The van der Waals surface area contributed by atoms with Gasteiger partial charge in [0.2, 0.25) is 0 Å². The Morgan fingerprint density at radius 3 is 2.79 bits per heavy atom. The van der Waals surface area contributed by atoms with Gasteiger partial charge in [-0.1, -0.05) is 13.0 Å². The molecule has 0 aliphatic heterocycles. The van der Waals surface area contributed by atoms with Crippen LogP contribution in [0.5, 0.6) is 0 Å². The molecule has 0 unspecified atom stereocenters. The third-order valence-electron chi connectivity index (χ3n) is 4.19. The van der Waals surface area contributed by atoms with Crippen molar-refractivity contribution in [2.45, 2.75) is 38.6 Å². The van der Waals surface area contributed by atoms with Crippen LogP contribution >= 0.6 is 0 Å². The number of hydrogen-bond acceptors (Lipinski definition) is 1. The topological polar surface area (TPSA) is 44.9 Å². The number of fused-ring (bicyclic) bond motifs is 1. The number of nitrogens with one attached hydrogen (secondary N) is 2. The monoisotopic (exact) mass is 256 g/mol. The zero-order valence-electron chi connectivity index (χ0n) is 11.3. The molecule has 0 spiro atoms. The highest BCUT2D eigenvalue weighted by Gasteiger charge is 2.21. The van der Waals surface area contributed by atoms with Crippen LogP contribution in [0.25, 0.3) is 10.9 Å². The summed E-state index contributed by atoms with van der Waals surface area (Å²) < 4.78 is 0. The molecular weight excluding hydrogens is 236 g/mol. The molecule has 1 heterocycles. The van der Waals surface area contributed by atoms with Crippen LogP contribution in [0.3, 0.4) is 0 Å². The average molecular weight is 256 g/mol. The van der Waals surface area contributed by atoms with E-state index in [4.69, 9.17) is 0 Å². The highest BCUT2D eigenvalue weighted by Crippen LogP contribution is 2.24. The predicted octanol–water partition coefficient (Wildman–Crippen LogP) is 3.48. The summed E-state index contributed by atoms with van der Waals surface area (Å²) in [6.07, 6.45) is 6.54. The molecule has 1 aliphatic carbocycles. The second-order valence-electron chi connectivity index (χ2n) is 5.67. The van der Waals surface area contributed by atoms with Gasteiger partial charge in [-0.15, -0.1) is 0 Å². The van der Waals surface area contributed by atoms with Gasteiger partial charge >= 0.3 is 0 Å². The minimum Gasteiger partial charge on any atom is -0.361 e. The zero-order chi connectivity index (χ0) is 13.2. The van der Waals surface area contributed by atoms with Gasteiger partial charge in [0.15, 0.2) is 0 Å². The van der Waals surface area contributed by atoms with Crippen LogP contribution < -0.4 is 5.32 Å². The zero-order valence-corrected chi connectivity index (χ0v) is 11.3. The summed E-state index contributed by atoms with van der Waals surface area (Å²) in [5.41, 5.74) is 1.79. The summed E-state index contributed by atoms with van der Waals surface area (Å²) >= 11 is 0. The van der Waals surface area contributed by atoms with Gasteiger partial charge in [0.25, 0.3) is 5.91 Å². The minimum atomic E-state index is 0.0600. The maximum atomic E-state index is 12.4. The molecule has 1 aromatic carbocycles. The third kappa shape index (κ3) is 2.50. The van der Waals surface area contributed by atoms with Crippen molar-refractivity contribution in [2.75, 3.05) is 0 Å². The van der Waals surface area contributed by atoms with Crippen LogP contribution in [-0.2, 0) is 0 Å². The molecule has 1 fully saturated rings. The van der Waals surface area contributed by atoms with E-state index in [9.17, 15) is 4.79 Å². The van der Waals surface area contributed by atoms with E-state index in [1.807, 2.05) is 30.5 Å². The van der Waals surface area contributed by atoms with Gasteiger partial charge in [-0.25, -0.2) is 0 Å². The van der Waals surface area contributed by atoms with Crippen LogP contribution in [0.4, 0.5) is 0 Å². The Balaban J connectivity index is 1.75. The van der Waals surface area contributed by atoms with E-state index in [2.05, 4.69) is 17.2 Å². The lowest BCUT2D eigenvalue weighted by atomic mass is 9.87. The van der Waals surface area contributed by atoms with E-state index in [1.54, 1.807) is 0 Å². The highest BCUT2D eigenvalue weighted by molar-refractivity contribution is 6.06. The smallest absolute Gasteiger partial charge is 0.252 e. The Labute approximate surface area is 113 Å². The van der Waals surface area contributed by atoms with Crippen molar-refractivity contribution in [3.05, 3.63) is 36.0 Å². The van der Waals surface area contributed by atoms with Crippen LogP contribution in [0.1, 0.15) is 43.0 Å². The molecule has 3 nitrogen and oxygen atoms in total. The molecule has 3 rings (SSSR count). The van der Waals surface area contributed by atoms with Crippen molar-refractivity contribution in [1.82, 2.24) is 10.3 Å². The van der Waals surface area contributed by atoms with E-state index in [-0.39, 0.29) is 5.91 Å². The molecule has 1 aliphatic rings. The van der Waals surface area contributed by atoms with Crippen LogP contribution in [0.2, 0.25) is 0 Å². The molecule has 19 heavy (non-hydrogen) atoms. The Morgan fingerprint density at radius 1 is 1.21 bits per heavy atom. The fraction of sp³-hybridized carbons (Fsp3) is 0.438. The first-order valence-corrected chi connectivity index (χ1v) is 7.11. The molecule has 1 amide bonds. The summed E-state index contributed by atoms with van der Waals surface area (Å²) in [6, 6.07) is 8.13. The Hall–Kier alpha value is -1.77. The second kappa shape index (κ2) is 5.08. The SMILES string of the molecule is CC1CCC(NC(=O)c2cccc3[nH]ccc23)CC1. The normalized spacial score (nSPS) is 23.4. The Bertz CT molecular complexity index is 579. The minimum absolute atomic E-state index is 0.0600. The van der Waals surface area contributed by atoms with Crippen LogP contribution in [-0.4, -0.2) is 16.9 Å². The molecule has 3 heteroatoms. The number of rotatable bonds is 2. The van der Waals surface area contributed by atoms with Crippen molar-refractivity contribution in [2.24, 2.45) is 5.92 Å². The number of hydrogen-bond donors (Lipinski definition) is 2. The van der Waals surface area contributed by atoms with Crippen molar-refractivity contribution in [3.63, 3.8) is 0 Å². The third-order valence-corrected chi connectivity index (χ3v) is 4.19. The molecule has 1 aromatic heterocycles. The lowest BCUT2D eigenvalue weighted by molar-refractivity contribution is 0.0924. The summed E-state index contributed by atoms with van der Waals surface area (Å²) in [7, 11) is 0. The largest absolute Gasteiger partial charge is 0.361 e. The Kier molecular flexibility index (Phi) is 3.28. The van der Waals surface area contributed by atoms with Gasteiger partial charge < -0.3 is 10.3 Å². The van der Waals surface area contributed by atoms with Crippen molar-refractivity contribution in [1.29, 1.82) is 0 Å². The number of H-pyrrole nitrogens is 1. The number of benzene rings is 1. The van der Waals surface area contributed by atoms with Gasteiger partial charge in [-0.2, -0.15) is 0 Å². The number of aromatic amines is 1. The van der Waals surface area contributed by atoms with Crippen LogP contribution in [0.15, 0.2) is 30.5 Å². The lowest BCUT2D eigenvalue weighted by Crippen LogP contribution is -2.37. The molecule has 1 saturated carbocycles. The van der Waals surface area contributed by atoms with E-state index < -0.39 is 0 Å². The number of amides is 1. The quantitative estimate of drug-likeness (QED) is 0.849. The number of carbonyl (C=O) groups is 1. The van der Waals surface area contributed by atoms with E-state index >= 15 is 0 Å². The standard InChI is InChI=1S/C16H20N2O/c1-11-5-7-12(8-6-11)18-16(19)14-3-2-4-15-13(14)9-10-17-15/h2-4,9-12,17H,5-8H2,1H3,(H,18,19). The van der Waals surface area contributed by atoms with Gasteiger partial charge in [-0.05, 0) is 49.8 Å². The van der Waals surface area contributed by atoms with E-state index in [0.717, 1.165) is 35.2 Å². The average Bonchev–Trinajstić information content (AvgIpc) is 2.89. The molecule has 0 saturated heterocycles. The molecule has 0 bridgehead atoms. The maximum absolute atomic E-state index is 12.4. The molecular formula is C16H20N2O. The van der Waals surface area contributed by atoms with Gasteiger partial charge in [0.1, 0.15) is 0 Å². The molecule has 2 aromatic rings. The van der Waals surface area contributed by atoms with Crippen LogP contribution in [0, 0.1) is 5.92 Å². The van der Waals surface area contributed by atoms with Crippen molar-refractivity contribution in [3.8, 4) is 0 Å². The van der Waals surface area contributed by atoms with Crippen molar-refractivity contribution >= 4 is 16.8 Å².